The number of carbonyl (C=O) groups excluding carboxylic acids is 1. The van der Waals surface area contributed by atoms with Gasteiger partial charge < -0.3 is 4.90 Å². The van der Waals surface area contributed by atoms with Crippen molar-refractivity contribution in [3.8, 4) is 0 Å². The molecule has 30 heavy (non-hydrogen) atoms. The highest BCUT2D eigenvalue weighted by Gasteiger charge is 2.32. The minimum Gasteiger partial charge on any atom is -0.330 e. The van der Waals surface area contributed by atoms with Crippen LogP contribution >= 0.6 is 0 Å². The van der Waals surface area contributed by atoms with Crippen LogP contribution in [0.3, 0.4) is 0 Å². The Morgan fingerprint density at radius 1 is 1.10 bits per heavy atom. The molecular formula is C21H22N6O3. The van der Waals surface area contributed by atoms with Crippen molar-refractivity contribution in [1.82, 2.24) is 28.6 Å². The molecule has 1 aliphatic heterocycles. The van der Waals surface area contributed by atoms with E-state index in [1.807, 2.05) is 17.0 Å². The minimum atomic E-state index is -0.171. The van der Waals surface area contributed by atoms with Crippen LogP contribution in [-0.4, -0.2) is 41.1 Å². The zero-order chi connectivity index (χ0) is 21.2. The summed E-state index contributed by atoms with van der Waals surface area (Å²) < 4.78 is 4.53. The molecule has 0 aliphatic carbocycles. The predicted octanol–water partition coefficient (Wildman–Crippen LogP) is 1.50. The molecule has 1 unspecified atom stereocenters. The van der Waals surface area contributed by atoms with Gasteiger partial charge in [0, 0.05) is 44.0 Å². The second-order valence-electron chi connectivity index (χ2n) is 7.90. The molecule has 0 bridgehead atoms. The molecule has 1 N–H and O–H groups in total. The van der Waals surface area contributed by atoms with Gasteiger partial charge in [-0.3, -0.25) is 23.8 Å². The molecule has 1 aliphatic rings. The highest BCUT2D eigenvalue weighted by atomic mass is 16.2. The largest absolute Gasteiger partial charge is 0.330 e. The Balaban J connectivity index is 1.54. The number of aryl methyl sites for hydroxylation is 3. The van der Waals surface area contributed by atoms with E-state index in [9.17, 15) is 14.4 Å². The second-order valence-corrected chi connectivity index (χ2v) is 7.90. The molecule has 9 heteroatoms. The van der Waals surface area contributed by atoms with Gasteiger partial charge in [-0.05, 0) is 38.0 Å². The smallest absolute Gasteiger partial charge is 0.328 e. The van der Waals surface area contributed by atoms with Crippen LogP contribution < -0.4 is 11.2 Å². The number of amides is 1. The summed E-state index contributed by atoms with van der Waals surface area (Å²) in [5.41, 5.74) is 3.76. The zero-order valence-electron chi connectivity index (χ0n) is 17.0. The van der Waals surface area contributed by atoms with E-state index in [0.29, 0.717) is 23.4 Å². The molecule has 0 radical (unpaired) electrons. The summed E-state index contributed by atoms with van der Waals surface area (Å²) in [6.45, 7) is 2.42. The number of likely N-dealkylation sites (tertiary alicyclic amines) is 1. The fourth-order valence-electron chi connectivity index (χ4n) is 4.44. The number of rotatable bonds is 2. The molecule has 1 atom stereocenters. The normalized spacial score (nSPS) is 16.8. The highest BCUT2D eigenvalue weighted by Crippen LogP contribution is 2.33. The van der Waals surface area contributed by atoms with Crippen molar-refractivity contribution in [1.29, 1.82) is 0 Å². The third-order valence-electron chi connectivity index (χ3n) is 5.99. The number of nitrogens with one attached hydrogen (secondary N) is 1. The fourth-order valence-corrected chi connectivity index (χ4v) is 4.44. The SMILES string of the molecule is Cc1cc(=O)n2[nH]c(C3CCCN3C(=O)c3ccc4c(c3)n(C)c(=O)n4C)cc2n1. The number of aromatic nitrogens is 5. The van der Waals surface area contributed by atoms with Crippen LogP contribution in [0, 0.1) is 6.92 Å². The van der Waals surface area contributed by atoms with Crippen LogP contribution in [-0.2, 0) is 14.1 Å². The summed E-state index contributed by atoms with van der Waals surface area (Å²) in [5.74, 6) is -0.0918. The van der Waals surface area contributed by atoms with E-state index in [2.05, 4.69) is 10.1 Å². The number of hydrogen-bond acceptors (Lipinski definition) is 4. The Hall–Kier alpha value is -3.62. The van der Waals surface area contributed by atoms with Crippen LogP contribution in [0.1, 0.15) is 40.6 Å². The number of imidazole rings is 1. The molecule has 3 aromatic heterocycles. The molecular weight excluding hydrogens is 384 g/mol. The number of nitrogens with zero attached hydrogens (tertiary/aromatic N) is 5. The lowest BCUT2D eigenvalue weighted by Crippen LogP contribution is -2.31. The Bertz CT molecular complexity index is 1440. The van der Waals surface area contributed by atoms with Crippen molar-refractivity contribution in [2.45, 2.75) is 25.8 Å². The third-order valence-corrected chi connectivity index (χ3v) is 5.99. The lowest BCUT2D eigenvalue weighted by Gasteiger charge is -2.24. The van der Waals surface area contributed by atoms with Gasteiger partial charge in [-0.1, -0.05) is 0 Å². The number of fused-ring (bicyclic) bond motifs is 2. The summed E-state index contributed by atoms with van der Waals surface area (Å²) >= 11 is 0. The first-order chi connectivity index (χ1) is 14.3. The van der Waals surface area contributed by atoms with Crippen molar-refractivity contribution >= 4 is 22.6 Å². The lowest BCUT2D eigenvalue weighted by molar-refractivity contribution is 0.0733. The molecule has 1 aromatic carbocycles. The Kier molecular flexibility index (Phi) is 3.96. The number of benzene rings is 1. The molecule has 1 saturated heterocycles. The third kappa shape index (κ3) is 2.62. The van der Waals surface area contributed by atoms with Gasteiger partial charge in [-0.25, -0.2) is 14.3 Å². The molecule has 0 spiro atoms. The Morgan fingerprint density at radius 3 is 2.67 bits per heavy atom. The Labute approximate surface area is 171 Å². The maximum atomic E-state index is 13.3. The van der Waals surface area contributed by atoms with Crippen LogP contribution in [0.5, 0.6) is 0 Å². The van der Waals surface area contributed by atoms with Crippen LogP contribution in [0.4, 0.5) is 0 Å². The minimum absolute atomic E-state index is 0.0918. The van der Waals surface area contributed by atoms with Crippen LogP contribution in [0.25, 0.3) is 16.7 Å². The van der Waals surface area contributed by atoms with E-state index >= 15 is 0 Å². The van der Waals surface area contributed by atoms with Gasteiger partial charge in [0.25, 0.3) is 11.5 Å². The van der Waals surface area contributed by atoms with E-state index in [1.54, 1.807) is 42.3 Å². The summed E-state index contributed by atoms with van der Waals surface area (Å²) in [6.07, 6.45) is 1.68. The summed E-state index contributed by atoms with van der Waals surface area (Å²) in [5, 5.41) is 3.12. The van der Waals surface area contributed by atoms with Gasteiger partial charge in [0.05, 0.1) is 22.8 Å². The summed E-state index contributed by atoms with van der Waals surface area (Å²) in [4.78, 5) is 44.0. The number of carbonyl (C=O) groups is 1. The van der Waals surface area contributed by atoms with Gasteiger partial charge in [-0.2, -0.15) is 0 Å². The number of H-pyrrole nitrogens is 1. The first-order valence-electron chi connectivity index (χ1n) is 9.91. The first kappa shape index (κ1) is 18.4. The maximum absolute atomic E-state index is 13.3. The summed E-state index contributed by atoms with van der Waals surface area (Å²) in [7, 11) is 3.42. The quantitative estimate of drug-likeness (QED) is 0.546. The molecule has 1 fully saturated rings. The van der Waals surface area contributed by atoms with E-state index in [1.165, 1.54) is 10.6 Å². The monoisotopic (exact) mass is 406 g/mol. The van der Waals surface area contributed by atoms with E-state index in [0.717, 1.165) is 29.6 Å². The lowest BCUT2D eigenvalue weighted by atomic mass is 10.1. The van der Waals surface area contributed by atoms with Crippen molar-refractivity contribution in [3.05, 3.63) is 68.1 Å². The van der Waals surface area contributed by atoms with Crippen molar-refractivity contribution < 1.29 is 4.79 Å². The maximum Gasteiger partial charge on any atom is 0.328 e. The number of hydrogen-bond donors (Lipinski definition) is 1. The molecule has 4 aromatic rings. The molecule has 0 saturated carbocycles. The predicted molar refractivity (Wildman–Crippen MR) is 112 cm³/mol. The van der Waals surface area contributed by atoms with Gasteiger partial charge in [0.2, 0.25) is 0 Å². The van der Waals surface area contributed by atoms with Crippen molar-refractivity contribution in [2.24, 2.45) is 14.1 Å². The molecule has 1 amide bonds. The van der Waals surface area contributed by atoms with Crippen molar-refractivity contribution in [3.63, 3.8) is 0 Å². The standard InChI is InChI=1S/C21H22N6O3/c1-12-9-19(28)27-18(22-12)11-14(23-27)15-5-4-8-26(15)20(29)13-6-7-16-17(10-13)25(3)21(30)24(16)2/h6-7,9-11,15,23H,4-5,8H2,1-3H3. The van der Waals surface area contributed by atoms with Crippen molar-refractivity contribution in [2.75, 3.05) is 6.54 Å². The highest BCUT2D eigenvalue weighted by molar-refractivity contribution is 5.97. The topological polar surface area (TPSA) is 97.4 Å². The average Bonchev–Trinajstić information content (AvgIpc) is 3.42. The zero-order valence-corrected chi connectivity index (χ0v) is 17.0. The summed E-state index contributed by atoms with van der Waals surface area (Å²) in [6, 6.07) is 8.51. The van der Waals surface area contributed by atoms with Gasteiger partial charge >= 0.3 is 5.69 Å². The van der Waals surface area contributed by atoms with Gasteiger partial charge in [0.15, 0.2) is 5.65 Å². The average molecular weight is 406 g/mol. The number of aromatic amines is 1. The second kappa shape index (κ2) is 6.45. The molecule has 9 nitrogen and oxygen atoms in total. The fraction of sp³-hybridized carbons (Fsp3) is 0.333. The van der Waals surface area contributed by atoms with E-state index in [-0.39, 0.29) is 23.2 Å². The molecule has 154 valence electrons. The van der Waals surface area contributed by atoms with Crippen LogP contribution in [0.2, 0.25) is 0 Å². The molecule has 5 rings (SSSR count). The van der Waals surface area contributed by atoms with Gasteiger partial charge in [0.1, 0.15) is 0 Å². The van der Waals surface area contributed by atoms with Gasteiger partial charge in [-0.15, -0.1) is 0 Å². The Morgan fingerprint density at radius 2 is 1.87 bits per heavy atom. The van der Waals surface area contributed by atoms with E-state index in [4.69, 9.17) is 0 Å². The molecule has 4 heterocycles. The first-order valence-corrected chi connectivity index (χ1v) is 9.91. The van der Waals surface area contributed by atoms with E-state index < -0.39 is 0 Å². The van der Waals surface area contributed by atoms with Crippen LogP contribution in [0.15, 0.2) is 39.9 Å².